The highest BCUT2D eigenvalue weighted by molar-refractivity contribution is 4.53. The normalized spacial score (nSPS) is 13.5. The van der Waals surface area contributed by atoms with Gasteiger partial charge in [-0.2, -0.15) is 0 Å². The Labute approximate surface area is 61.6 Å². The molecule has 10 heavy (non-hydrogen) atoms. The minimum Gasteiger partial charge on any atom is -0.394 e. The minimum absolute atomic E-state index is 0.0280. The van der Waals surface area contributed by atoms with Gasteiger partial charge >= 0.3 is 0 Å². The van der Waals surface area contributed by atoms with Gasteiger partial charge in [-0.1, -0.05) is 13.3 Å². The molecule has 0 bridgehead atoms. The van der Waals surface area contributed by atoms with Gasteiger partial charge < -0.3 is 14.9 Å². The van der Waals surface area contributed by atoms with Gasteiger partial charge in [-0.05, 0) is 6.42 Å². The molecule has 0 aliphatic carbocycles. The molecule has 2 N–H and O–H groups in total. The lowest BCUT2D eigenvalue weighted by Crippen LogP contribution is -2.19. The maximum absolute atomic E-state index is 8.68. The highest BCUT2D eigenvalue weighted by atomic mass is 16.5. The smallest absolute Gasteiger partial charge is 0.0806 e. The van der Waals surface area contributed by atoms with E-state index in [1.165, 1.54) is 0 Å². The van der Waals surface area contributed by atoms with Gasteiger partial charge in [-0.3, -0.25) is 0 Å². The van der Waals surface area contributed by atoms with Crippen molar-refractivity contribution >= 4 is 0 Å². The Morgan fingerprint density at radius 2 is 2.10 bits per heavy atom. The van der Waals surface area contributed by atoms with Gasteiger partial charge in [0.05, 0.1) is 25.9 Å². The van der Waals surface area contributed by atoms with Crippen LogP contribution in [0.4, 0.5) is 0 Å². The van der Waals surface area contributed by atoms with E-state index in [0.29, 0.717) is 6.61 Å². The van der Waals surface area contributed by atoms with E-state index in [9.17, 15) is 0 Å². The Bertz CT molecular complexity index is 65.9. The number of hydrogen-bond donors (Lipinski definition) is 2. The van der Waals surface area contributed by atoms with E-state index in [0.717, 1.165) is 12.8 Å². The van der Waals surface area contributed by atoms with Crippen LogP contribution in [-0.4, -0.2) is 36.1 Å². The third-order valence-electron chi connectivity index (χ3n) is 1.26. The number of ether oxygens (including phenoxy) is 1. The summed E-state index contributed by atoms with van der Waals surface area (Å²) in [7, 11) is 0. The molecule has 0 heterocycles. The van der Waals surface area contributed by atoms with Crippen LogP contribution in [0.3, 0.4) is 0 Å². The van der Waals surface area contributed by atoms with Crippen LogP contribution < -0.4 is 0 Å². The number of aliphatic hydroxyl groups excluding tert-OH is 2. The molecule has 0 rings (SSSR count). The Hall–Kier alpha value is -0.120. The van der Waals surface area contributed by atoms with Crippen molar-refractivity contribution in [2.45, 2.75) is 25.9 Å². The molecule has 0 aromatic heterocycles. The van der Waals surface area contributed by atoms with Crippen molar-refractivity contribution < 1.29 is 14.9 Å². The van der Waals surface area contributed by atoms with Crippen molar-refractivity contribution in [3.63, 3.8) is 0 Å². The van der Waals surface area contributed by atoms with Crippen LogP contribution in [0.15, 0.2) is 0 Å². The maximum Gasteiger partial charge on any atom is 0.0806 e. The fourth-order valence-corrected chi connectivity index (χ4v) is 0.769. The molecule has 62 valence electrons. The standard InChI is InChI=1S/C7H16O3/c1-2-3-7(6-9)10-5-4-8/h7-9H,2-6H2,1H3. The molecule has 1 atom stereocenters. The van der Waals surface area contributed by atoms with Crippen molar-refractivity contribution in [3.8, 4) is 0 Å². The fourth-order valence-electron chi connectivity index (χ4n) is 0.769. The van der Waals surface area contributed by atoms with Crippen molar-refractivity contribution in [2.75, 3.05) is 19.8 Å². The second-order valence-corrected chi connectivity index (χ2v) is 2.19. The molecule has 0 aliphatic rings. The summed E-state index contributed by atoms with van der Waals surface area (Å²) in [6.45, 7) is 2.43. The highest BCUT2D eigenvalue weighted by Gasteiger charge is 2.04. The number of rotatable bonds is 6. The molecule has 0 spiro atoms. The van der Waals surface area contributed by atoms with Gasteiger partial charge in [-0.15, -0.1) is 0 Å². The van der Waals surface area contributed by atoms with Crippen LogP contribution in [0, 0.1) is 0 Å². The second kappa shape index (κ2) is 6.99. The zero-order chi connectivity index (χ0) is 7.82. The maximum atomic E-state index is 8.68. The molecule has 0 aromatic carbocycles. The van der Waals surface area contributed by atoms with Crippen LogP contribution in [0.1, 0.15) is 19.8 Å². The van der Waals surface area contributed by atoms with Crippen molar-refractivity contribution in [1.82, 2.24) is 0 Å². The number of hydrogen-bond acceptors (Lipinski definition) is 3. The summed E-state index contributed by atoms with van der Waals surface area (Å²) in [6.07, 6.45) is 1.77. The summed E-state index contributed by atoms with van der Waals surface area (Å²) < 4.78 is 5.08. The Kier molecular flexibility index (Phi) is 6.91. The SMILES string of the molecule is CCCC(CO)OCCO. The van der Waals surface area contributed by atoms with E-state index >= 15 is 0 Å². The topological polar surface area (TPSA) is 49.7 Å². The van der Waals surface area contributed by atoms with E-state index < -0.39 is 0 Å². The van der Waals surface area contributed by atoms with E-state index in [2.05, 4.69) is 0 Å². The second-order valence-electron chi connectivity index (χ2n) is 2.19. The van der Waals surface area contributed by atoms with Crippen LogP contribution in [0.2, 0.25) is 0 Å². The van der Waals surface area contributed by atoms with Gasteiger partial charge in [0.15, 0.2) is 0 Å². The quantitative estimate of drug-likeness (QED) is 0.564. The highest BCUT2D eigenvalue weighted by Crippen LogP contribution is 1.99. The Morgan fingerprint density at radius 3 is 2.50 bits per heavy atom. The van der Waals surface area contributed by atoms with E-state index in [-0.39, 0.29) is 19.3 Å². The third-order valence-corrected chi connectivity index (χ3v) is 1.26. The van der Waals surface area contributed by atoms with Crippen molar-refractivity contribution in [3.05, 3.63) is 0 Å². The molecular weight excluding hydrogens is 132 g/mol. The Morgan fingerprint density at radius 1 is 1.40 bits per heavy atom. The molecule has 0 amide bonds. The summed E-state index contributed by atoms with van der Waals surface area (Å²) in [6, 6.07) is 0. The largest absolute Gasteiger partial charge is 0.394 e. The molecule has 0 aliphatic heterocycles. The molecular formula is C7H16O3. The van der Waals surface area contributed by atoms with Crippen LogP contribution >= 0.6 is 0 Å². The average Bonchev–Trinajstić information content (AvgIpc) is 1.98. The van der Waals surface area contributed by atoms with E-state index in [4.69, 9.17) is 14.9 Å². The number of aliphatic hydroxyl groups is 2. The summed E-state index contributed by atoms with van der Waals surface area (Å²) in [5.74, 6) is 0. The van der Waals surface area contributed by atoms with E-state index in [1.54, 1.807) is 0 Å². The summed E-state index contributed by atoms with van der Waals surface area (Å²) >= 11 is 0. The molecule has 0 aromatic rings. The van der Waals surface area contributed by atoms with Crippen molar-refractivity contribution in [2.24, 2.45) is 0 Å². The molecule has 1 unspecified atom stereocenters. The monoisotopic (exact) mass is 148 g/mol. The van der Waals surface area contributed by atoms with Crippen LogP contribution in [0.5, 0.6) is 0 Å². The van der Waals surface area contributed by atoms with Gasteiger partial charge in [0, 0.05) is 0 Å². The summed E-state index contributed by atoms with van der Waals surface area (Å²) in [5.41, 5.74) is 0. The van der Waals surface area contributed by atoms with Gasteiger partial charge in [0.2, 0.25) is 0 Å². The molecule has 0 fully saturated rings. The van der Waals surface area contributed by atoms with Crippen LogP contribution in [0.25, 0.3) is 0 Å². The van der Waals surface area contributed by atoms with Gasteiger partial charge in [0.1, 0.15) is 0 Å². The van der Waals surface area contributed by atoms with Gasteiger partial charge in [0.25, 0.3) is 0 Å². The predicted molar refractivity (Wildman–Crippen MR) is 38.8 cm³/mol. The molecule has 3 nitrogen and oxygen atoms in total. The first kappa shape index (κ1) is 9.88. The third kappa shape index (κ3) is 4.73. The molecule has 0 radical (unpaired) electrons. The van der Waals surface area contributed by atoms with Gasteiger partial charge in [-0.25, -0.2) is 0 Å². The summed E-state index contributed by atoms with van der Waals surface area (Å²) in [5, 5.41) is 17.0. The molecule has 0 saturated carbocycles. The lowest BCUT2D eigenvalue weighted by Gasteiger charge is -2.12. The zero-order valence-corrected chi connectivity index (χ0v) is 6.42. The first-order valence-electron chi connectivity index (χ1n) is 3.68. The first-order valence-corrected chi connectivity index (χ1v) is 3.68. The van der Waals surface area contributed by atoms with E-state index in [1.807, 2.05) is 6.92 Å². The Balaban J connectivity index is 3.21. The average molecular weight is 148 g/mol. The van der Waals surface area contributed by atoms with Crippen LogP contribution in [-0.2, 0) is 4.74 Å². The lowest BCUT2D eigenvalue weighted by atomic mass is 10.2. The zero-order valence-electron chi connectivity index (χ0n) is 6.42. The first-order chi connectivity index (χ1) is 4.85. The minimum atomic E-state index is -0.0860. The molecule has 0 saturated heterocycles. The molecule has 3 heteroatoms. The summed E-state index contributed by atoms with van der Waals surface area (Å²) in [4.78, 5) is 0. The lowest BCUT2D eigenvalue weighted by molar-refractivity contribution is -0.00778. The van der Waals surface area contributed by atoms with Crippen molar-refractivity contribution in [1.29, 1.82) is 0 Å². The fraction of sp³-hybridized carbons (Fsp3) is 1.00. The predicted octanol–water partition coefficient (Wildman–Crippen LogP) is 0.156.